The third-order valence-electron chi connectivity index (χ3n) is 7.61. The van der Waals surface area contributed by atoms with Gasteiger partial charge in [0, 0.05) is 34.5 Å². The maximum absolute atomic E-state index is 2.45. The molecule has 3 aliphatic rings. The van der Waals surface area contributed by atoms with Gasteiger partial charge in [-0.05, 0) is 85.0 Å². The molecule has 5 aromatic carbocycles. The molecule has 0 saturated carbocycles. The maximum Gasteiger partial charge on any atom is 0.0194 e. The molecule has 0 amide bonds. The van der Waals surface area contributed by atoms with Crippen LogP contribution in [0, 0.1) is 0 Å². The van der Waals surface area contributed by atoms with Gasteiger partial charge in [-0.25, -0.2) is 0 Å². The first kappa shape index (κ1) is 25.1. The number of thioether (sulfide) groups is 3. The smallest absolute Gasteiger partial charge is 0.0194 e. The minimum absolute atomic E-state index is 1.01. The van der Waals surface area contributed by atoms with Gasteiger partial charge in [-0.3, -0.25) is 0 Å². The van der Waals surface area contributed by atoms with E-state index in [0.717, 1.165) is 34.5 Å². The summed E-state index contributed by atoms with van der Waals surface area (Å²) in [5, 5.41) is 0. The second kappa shape index (κ2) is 11.3. The van der Waals surface area contributed by atoms with Gasteiger partial charge in [-0.2, -0.15) is 35.3 Å². The second-order valence-corrected chi connectivity index (χ2v) is 13.4. The van der Waals surface area contributed by atoms with Crippen LogP contribution in [0.5, 0.6) is 0 Å². The lowest BCUT2D eigenvalue weighted by Crippen LogP contribution is -1.97. The monoisotopic (exact) mass is 558 g/mol. The Morgan fingerprint density at radius 1 is 0.333 bits per heavy atom. The molecule has 0 radical (unpaired) electrons. The highest BCUT2D eigenvalue weighted by molar-refractivity contribution is 7.98. The Morgan fingerprint density at radius 3 is 0.974 bits per heavy atom. The summed E-state index contributed by atoms with van der Waals surface area (Å²) in [5.41, 5.74) is 16.6. The van der Waals surface area contributed by atoms with Crippen LogP contribution in [-0.2, 0) is 34.5 Å². The summed E-state index contributed by atoms with van der Waals surface area (Å²) in [6.07, 6.45) is 0. The normalized spacial score (nSPS) is 14.8. The quantitative estimate of drug-likeness (QED) is 0.185. The number of hydrogen-bond acceptors (Lipinski definition) is 3. The van der Waals surface area contributed by atoms with E-state index < -0.39 is 0 Å². The van der Waals surface area contributed by atoms with Gasteiger partial charge in [-0.15, -0.1) is 0 Å². The standard InChI is InChI=1S/C36H30S3/c1-4-10-34-28(7-1)22-37-19-25-13-26-15-27(14-25)21-39-24-30-9-3-6-12-36(30)33-17-31(34)16-32(18-33)35-11-5-2-8-29(35)23-38-20-26/h1-18H,19-24H2. The van der Waals surface area contributed by atoms with Gasteiger partial charge < -0.3 is 0 Å². The van der Waals surface area contributed by atoms with Crippen LogP contribution in [-0.4, -0.2) is 0 Å². The number of fused-ring (bicyclic) bond motifs is 6. The molecule has 192 valence electrons. The molecule has 39 heavy (non-hydrogen) atoms. The zero-order valence-electron chi connectivity index (χ0n) is 21.9. The molecule has 0 spiro atoms. The topological polar surface area (TPSA) is 0 Å². The molecule has 0 aliphatic carbocycles. The van der Waals surface area contributed by atoms with Crippen LogP contribution in [0.15, 0.2) is 109 Å². The molecule has 0 fully saturated rings. The van der Waals surface area contributed by atoms with Crippen molar-refractivity contribution in [1.82, 2.24) is 0 Å². The SMILES string of the molecule is c1ccc2c(c1)CSCc1cc3cc(c1)CSCc1ccccc1-c1cc-2cc(c1)-c1ccccc1CSC3. The van der Waals surface area contributed by atoms with Crippen LogP contribution in [0.2, 0.25) is 0 Å². The molecule has 0 aromatic heterocycles. The minimum Gasteiger partial charge on any atom is -0.152 e. The van der Waals surface area contributed by atoms with Gasteiger partial charge in [0.1, 0.15) is 0 Å². The fourth-order valence-corrected chi connectivity index (χ4v) is 8.73. The van der Waals surface area contributed by atoms with E-state index in [1.165, 1.54) is 66.8 Å². The fourth-order valence-electron chi connectivity index (χ4n) is 5.80. The van der Waals surface area contributed by atoms with Crippen molar-refractivity contribution in [2.45, 2.75) is 34.5 Å². The van der Waals surface area contributed by atoms with Crippen molar-refractivity contribution in [1.29, 1.82) is 0 Å². The predicted octanol–water partition coefficient (Wildman–Crippen LogP) is 10.6. The van der Waals surface area contributed by atoms with Gasteiger partial charge >= 0.3 is 0 Å². The van der Waals surface area contributed by atoms with Crippen molar-refractivity contribution in [3.05, 3.63) is 143 Å². The van der Waals surface area contributed by atoms with E-state index in [9.17, 15) is 0 Å². The van der Waals surface area contributed by atoms with Gasteiger partial charge in [0.25, 0.3) is 0 Å². The van der Waals surface area contributed by atoms with E-state index in [-0.39, 0.29) is 0 Å². The van der Waals surface area contributed by atoms with Gasteiger partial charge in [0.05, 0.1) is 0 Å². The molecule has 0 unspecified atom stereocenters. The lowest BCUT2D eigenvalue weighted by molar-refractivity contribution is 1.25. The largest absolute Gasteiger partial charge is 0.152 e. The molecule has 0 nitrogen and oxygen atoms in total. The van der Waals surface area contributed by atoms with Crippen LogP contribution < -0.4 is 0 Å². The first-order valence-corrected chi connectivity index (χ1v) is 17.0. The third-order valence-corrected chi connectivity index (χ3v) is 10.8. The molecule has 6 bridgehead atoms. The Kier molecular flexibility index (Phi) is 7.30. The summed E-state index contributed by atoms with van der Waals surface area (Å²) in [6.45, 7) is 0. The fraction of sp³-hybridized carbons (Fsp3) is 0.167. The van der Waals surface area contributed by atoms with Crippen molar-refractivity contribution >= 4 is 35.3 Å². The zero-order chi connectivity index (χ0) is 26.0. The maximum atomic E-state index is 2.45. The summed E-state index contributed by atoms with van der Waals surface area (Å²) >= 11 is 6.10. The van der Waals surface area contributed by atoms with E-state index in [1.54, 1.807) is 0 Å². The summed E-state index contributed by atoms with van der Waals surface area (Å²) in [6, 6.07) is 41.7. The Bertz CT molecular complexity index is 1430. The lowest BCUT2D eigenvalue weighted by Gasteiger charge is -2.18. The lowest BCUT2D eigenvalue weighted by atomic mass is 9.89. The molecular formula is C36H30S3. The van der Waals surface area contributed by atoms with Gasteiger partial charge in [0.15, 0.2) is 0 Å². The van der Waals surface area contributed by atoms with Crippen molar-refractivity contribution in [3.8, 4) is 33.4 Å². The average molecular weight is 559 g/mol. The van der Waals surface area contributed by atoms with Crippen LogP contribution in [0.3, 0.4) is 0 Å². The molecule has 8 rings (SSSR count). The predicted molar refractivity (Wildman–Crippen MR) is 174 cm³/mol. The van der Waals surface area contributed by atoms with Crippen LogP contribution in [0.4, 0.5) is 0 Å². The molecule has 3 aliphatic heterocycles. The molecule has 3 heteroatoms. The van der Waals surface area contributed by atoms with E-state index >= 15 is 0 Å². The third kappa shape index (κ3) is 5.45. The van der Waals surface area contributed by atoms with Crippen LogP contribution >= 0.6 is 35.3 Å². The van der Waals surface area contributed by atoms with E-state index in [2.05, 4.69) is 109 Å². The number of benzene rings is 5. The molecule has 5 aromatic rings. The van der Waals surface area contributed by atoms with E-state index in [1.807, 2.05) is 35.3 Å². The van der Waals surface area contributed by atoms with Crippen LogP contribution in [0.1, 0.15) is 33.4 Å². The molecular weight excluding hydrogens is 529 g/mol. The number of hydrogen-bond donors (Lipinski definition) is 0. The van der Waals surface area contributed by atoms with E-state index in [0.29, 0.717) is 0 Å². The Balaban J connectivity index is 1.51. The Morgan fingerprint density at radius 2 is 0.641 bits per heavy atom. The summed E-state index contributed by atoms with van der Waals surface area (Å²) in [5.74, 6) is 6.15. The summed E-state index contributed by atoms with van der Waals surface area (Å²) in [7, 11) is 0. The van der Waals surface area contributed by atoms with Crippen molar-refractivity contribution < 1.29 is 0 Å². The van der Waals surface area contributed by atoms with Crippen molar-refractivity contribution in [2.24, 2.45) is 0 Å². The average Bonchev–Trinajstić information content (AvgIpc) is 2.97. The highest BCUT2D eigenvalue weighted by Gasteiger charge is 2.15. The Hall–Kier alpha value is -2.85. The molecule has 3 heterocycles. The first-order chi connectivity index (χ1) is 19.3. The highest BCUT2D eigenvalue weighted by atomic mass is 32.2. The number of rotatable bonds is 0. The van der Waals surface area contributed by atoms with Gasteiger partial charge in [-0.1, -0.05) is 91.0 Å². The second-order valence-electron chi connectivity index (χ2n) is 10.4. The van der Waals surface area contributed by atoms with Crippen LogP contribution in [0.25, 0.3) is 33.4 Å². The summed E-state index contributed by atoms with van der Waals surface area (Å²) in [4.78, 5) is 0. The first-order valence-electron chi connectivity index (χ1n) is 13.5. The van der Waals surface area contributed by atoms with E-state index in [4.69, 9.17) is 0 Å². The van der Waals surface area contributed by atoms with Crippen molar-refractivity contribution in [3.63, 3.8) is 0 Å². The molecule has 0 saturated heterocycles. The Labute approximate surface area is 244 Å². The molecule has 0 atom stereocenters. The molecule has 0 N–H and O–H groups in total. The van der Waals surface area contributed by atoms with Crippen molar-refractivity contribution in [2.75, 3.05) is 0 Å². The summed E-state index contributed by atoms with van der Waals surface area (Å²) < 4.78 is 0. The van der Waals surface area contributed by atoms with Gasteiger partial charge in [0.2, 0.25) is 0 Å². The highest BCUT2D eigenvalue weighted by Crippen LogP contribution is 2.39. The minimum atomic E-state index is 1.01. The zero-order valence-corrected chi connectivity index (χ0v) is 24.3.